The average molecular weight is 368 g/mol. The van der Waals surface area contributed by atoms with Gasteiger partial charge in [0.1, 0.15) is 28.2 Å². The van der Waals surface area contributed by atoms with E-state index >= 15 is 0 Å². The quantitative estimate of drug-likeness (QED) is 0.512. The standard InChI is InChI=1S/C19H18ClN5O/c1-11-21-15-6-5-12(7-14(15)19(20)22-11)16-8-13(26-4)9-17-23-18(24(2)3)10-25(16)17/h5-10H,1-4H3. The molecule has 0 spiro atoms. The molecule has 26 heavy (non-hydrogen) atoms. The second-order valence-electron chi connectivity index (χ2n) is 6.30. The molecule has 6 nitrogen and oxygen atoms in total. The van der Waals surface area contributed by atoms with Crippen LogP contribution in [0.1, 0.15) is 5.82 Å². The molecule has 0 N–H and O–H groups in total. The number of methoxy groups -OCH3 is 1. The molecule has 0 saturated carbocycles. The van der Waals surface area contributed by atoms with Crippen LogP contribution >= 0.6 is 11.6 Å². The highest BCUT2D eigenvalue weighted by molar-refractivity contribution is 6.34. The van der Waals surface area contributed by atoms with Gasteiger partial charge in [0.2, 0.25) is 0 Å². The van der Waals surface area contributed by atoms with Gasteiger partial charge in [0, 0.05) is 31.6 Å². The molecule has 0 unspecified atom stereocenters. The van der Waals surface area contributed by atoms with Crippen LogP contribution in [0, 0.1) is 6.92 Å². The maximum atomic E-state index is 6.34. The van der Waals surface area contributed by atoms with Crippen LogP contribution in [0.15, 0.2) is 36.5 Å². The number of hydrogen-bond acceptors (Lipinski definition) is 5. The Bertz CT molecular complexity index is 1140. The molecule has 0 atom stereocenters. The van der Waals surface area contributed by atoms with Gasteiger partial charge < -0.3 is 9.64 Å². The van der Waals surface area contributed by atoms with Crippen molar-refractivity contribution in [2.45, 2.75) is 6.92 Å². The Morgan fingerprint density at radius 3 is 2.62 bits per heavy atom. The maximum absolute atomic E-state index is 6.34. The van der Waals surface area contributed by atoms with Crippen molar-refractivity contribution in [1.82, 2.24) is 19.4 Å². The molecule has 7 heteroatoms. The fourth-order valence-corrected chi connectivity index (χ4v) is 3.24. The van der Waals surface area contributed by atoms with Gasteiger partial charge in [0.25, 0.3) is 0 Å². The maximum Gasteiger partial charge on any atom is 0.147 e. The number of benzene rings is 1. The number of ether oxygens (including phenoxy) is 1. The van der Waals surface area contributed by atoms with Crippen molar-refractivity contribution < 1.29 is 4.74 Å². The second-order valence-corrected chi connectivity index (χ2v) is 6.65. The lowest BCUT2D eigenvalue weighted by molar-refractivity contribution is 0.415. The third-order valence-corrected chi connectivity index (χ3v) is 4.57. The van der Waals surface area contributed by atoms with Crippen LogP contribution in [0.25, 0.3) is 27.8 Å². The Kier molecular flexibility index (Phi) is 3.92. The normalized spacial score (nSPS) is 11.3. The fourth-order valence-electron chi connectivity index (χ4n) is 2.97. The summed E-state index contributed by atoms with van der Waals surface area (Å²) in [5, 5.41) is 1.27. The van der Waals surface area contributed by atoms with E-state index in [1.165, 1.54) is 0 Å². The minimum Gasteiger partial charge on any atom is -0.497 e. The monoisotopic (exact) mass is 367 g/mol. The second kappa shape index (κ2) is 6.14. The predicted molar refractivity (Wildman–Crippen MR) is 104 cm³/mol. The van der Waals surface area contributed by atoms with Crippen LogP contribution in [-0.4, -0.2) is 40.6 Å². The van der Waals surface area contributed by atoms with Gasteiger partial charge in [-0.2, -0.15) is 0 Å². The lowest BCUT2D eigenvalue weighted by Gasteiger charge is -2.10. The summed E-state index contributed by atoms with van der Waals surface area (Å²) in [6, 6.07) is 9.88. The van der Waals surface area contributed by atoms with E-state index in [2.05, 4.69) is 15.0 Å². The van der Waals surface area contributed by atoms with E-state index in [1.807, 2.05) is 66.8 Å². The number of halogens is 1. The number of pyridine rings is 1. The topological polar surface area (TPSA) is 55.6 Å². The Hall–Kier alpha value is -2.86. The zero-order valence-electron chi connectivity index (χ0n) is 15.0. The van der Waals surface area contributed by atoms with Gasteiger partial charge in [-0.25, -0.2) is 15.0 Å². The molecule has 1 aromatic carbocycles. The van der Waals surface area contributed by atoms with Crippen molar-refractivity contribution in [3.63, 3.8) is 0 Å². The lowest BCUT2D eigenvalue weighted by atomic mass is 10.1. The van der Waals surface area contributed by atoms with Gasteiger partial charge in [-0.3, -0.25) is 4.40 Å². The number of fused-ring (bicyclic) bond motifs is 2. The first-order valence-corrected chi connectivity index (χ1v) is 8.53. The smallest absolute Gasteiger partial charge is 0.147 e. The van der Waals surface area contributed by atoms with Crippen LogP contribution in [0.3, 0.4) is 0 Å². The number of aryl methyl sites for hydroxylation is 1. The molecule has 0 fully saturated rings. The van der Waals surface area contributed by atoms with Gasteiger partial charge in [0.15, 0.2) is 0 Å². The molecule has 0 aliphatic rings. The highest BCUT2D eigenvalue weighted by Crippen LogP contribution is 2.31. The van der Waals surface area contributed by atoms with Crippen LogP contribution in [0.5, 0.6) is 5.75 Å². The first-order valence-electron chi connectivity index (χ1n) is 8.15. The molecular formula is C19H18ClN5O. The summed E-state index contributed by atoms with van der Waals surface area (Å²) in [6.07, 6.45) is 2.00. The SMILES string of the molecule is COc1cc(-c2ccc3nc(C)nc(Cl)c3c2)n2cc(N(C)C)nc2c1. The highest BCUT2D eigenvalue weighted by Gasteiger charge is 2.13. The van der Waals surface area contributed by atoms with E-state index in [1.54, 1.807) is 7.11 Å². The van der Waals surface area contributed by atoms with Crippen LogP contribution in [0.2, 0.25) is 5.15 Å². The molecule has 0 saturated heterocycles. The first kappa shape index (κ1) is 16.6. The van der Waals surface area contributed by atoms with E-state index in [-0.39, 0.29) is 0 Å². The average Bonchev–Trinajstić information content (AvgIpc) is 3.05. The number of hydrogen-bond donors (Lipinski definition) is 0. The number of imidazole rings is 1. The summed E-state index contributed by atoms with van der Waals surface area (Å²) in [6.45, 7) is 1.83. The fraction of sp³-hybridized carbons (Fsp3) is 0.211. The van der Waals surface area contributed by atoms with Crippen molar-refractivity contribution >= 4 is 34.0 Å². The number of aromatic nitrogens is 4. The van der Waals surface area contributed by atoms with Gasteiger partial charge in [-0.05, 0) is 24.6 Å². The van der Waals surface area contributed by atoms with Crippen LogP contribution in [0.4, 0.5) is 5.82 Å². The van der Waals surface area contributed by atoms with E-state index in [9.17, 15) is 0 Å². The summed E-state index contributed by atoms with van der Waals surface area (Å²) < 4.78 is 7.51. The summed E-state index contributed by atoms with van der Waals surface area (Å²) in [4.78, 5) is 15.3. The Morgan fingerprint density at radius 2 is 1.88 bits per heavy atom. The van der Waals surface area contributed by atoms with Gasteiger partial charge >= 0.3 is 0 Å². The van der Waals surface area contributed by atoms with Crippen molar-refractivity contribution in [2.24, 2.45) is 0 Å². The van der Waals surface area contributed by atoms with Crippen LogP contribution < -0.4 is 9.64 Å². The van der Waals surface area contributed by atoms with Crippen molar-refractivity contribution in [3.8, 4) is 17.0 Å². The lowest BCUT2D eigenvalue weighted by Crippen LogP contribution is -2.08. The molecular weight excluding hydrogens is 350 g/mol. The molecule has 4 rings (SSSR count). The molecule has 0 radical (unpaired) electrons. The first-order chi connectivity index (χ1) is 12.5. The van der Waals surface area contributed by atoms with Crippen molar-refractivity contribution in [2.75, 3.05) is 26.1 Å². The van der Waals surface area contributed by atoms with E-state index in [4.69, 9.17) is 16.3 Å². The van der Waals surface area contributed by atoms with E-state index in [0.29, 0.717) is 11.0 Å². The van der Waals surface area contributed by atoms with Crippen LogP contribution in [-0.2, 0) is 0 Å². The molecule has 0 aliphatic heterocycles. The van der Waals surface area contributed by atoms with Crippen molar-refractivity contribution in [3.05, 3.63) is 47.5 Å². The minimum atomic E-state index is 0.452. The zero-order chi connectivity index (χ0) is 18.4. The summed E-state index contributed by atoms with van der Waals surface area (Å²) in [7, 11) is 5.58. The van der Waals surface area contributed by atoms with Crippen molar-refractivity contribution in [1.29, 1.82) is 0 Å². The van der Waals surface area contributed by atoms with E-state index in [0.717, 1.165) is 39.4 Å². The van der Waals surface area contributed by atoms with Gasteiger partial charge in [0.05, 0.1) is 24.5 Å². The Balaban J connectivity index is 1.99. The molecule has 132 valence electrons. The molecule has 0 aliphatic carbocycles. The number of rotatable bonds is 3. The van der Waals surface area contributed by atoms with Gasteiger partial charge in [-0.15, -0.1) is 0 Å². The highest BCUT2D eigenvalue weighted by atomic mass is 35.5. The minimum absolute atomic E-state index is 0.452. The Morgan fingerprint density at radius 1 is 1.08 bits per heavy atom. The number of anilines is 1. The largest absolute Gasteiger partial charge is 0.497 e. The summed E-state index contributed by atoms with van der Waals surface area (Å²) in [5.74, 6) is 2.27. The molecule has 0 bridgehead atoms. The summed E-state index contributed by atoms with van der Waals surface area (Å²) in [5.41, 5.74) is 3.58. The number of nitrogens with zero attached hydrogens (tertiary/aromatic N) is 5. The summed E-state index contributed by atoms with van der Waals surface area (Å²) >= 11 is 6.34. The zero-order valence-corrected chi connectivity index (χ0v) is 15.7. The molecule has 4 aromatic rings. The van der Waals surface area contributed by atoms with Gasteiger partial charge in [-0.1, -0.05) is 17.7 Å². The third-order valence-electron chi connectivity index (χ3n) is 4.28. The molecule has 0 amide bonds. The molecule has 3 aromatic heterocycles. The third kappa shape index (κ3) is 2.72. The predicted octanol–water partition coefficient (Wildman–Crippen LogP) is 3.98. The molecule has 3 heterocycles. The Labute approximate surface area is 156 Å². The van der Waals surface area contributed by atoms with E-state index < -0.39 is 0 Å².